The monoisotopic (exact) mass is 334 g/mol. The summed E-state index contributed by atoms with van der Waals surface area (Å²) < 4.78 is 0. The van der Waals surface area contributed by atoms with Gasteiger partial charge in [-0.25, -0.2) is 0 Å². The molecule has 3 saturated carbocycles. The molecular formula is C20H30O2S. The molecule has 0 radical (unpaired) electrons. The summed E-state index contributed by atoms with van der Waals surface area (Å²) in [6.07, 6.45) is 10.4. The second kappa shape index (κ2) is 5.28. The first-order valence-electron chi connectivity index (χ1n) is 9.36. The van der Waals surface area contributed by atoms with Crippen molar-refractivity contribution in [1.29, 1.82) is 0 Å². The van der Waals surface area contributed by atoms with Gasteiger partial charge in [0.2, 0.25) is 0 Å². The highest BCUT2D eigenvalue weighted by atomic mass is 32.2. The van der Waals surface area contributed by atoms with Gasteiger partial charge in [-0.1, -0.05) is 24.5 Å². The van der Waals surface area contributed by atoms with Crippen LogP contribution < -0.4 is 0 Å². The van der Waals surface area contributed by atoms with E-state index in [1.54, 1.807) is 11.1 Å². The highest BCUT2D eigenvalue weighted by Crippen LogP contribution is 2.67. The number of aliphatic carboxylic acids is 1. The van der Waals surface area contributed by atoms with Crippen molar-refractivity contribution in [3.63, 3.8) is 0 Å². The van der Waals surface area contributed by atoms with Gasteiger partial charge < -0.3 is 5.11 Å². The summed E-state index contributed by atoms with van der Waals surface area (Å²) in [5.41, 5.74) is 3.30. The Morgan fingerprint density at radius 1 is 1.30 bits per heavy atom. The second-order valence-electron chi connectivity index (χ2n) is 9.04. The quantitative estimate of drug-likeness (QED) is 0.739. The molecule has 2 nitrogen and oxygen atoms in total. The molecular weight excluding hydrogens is 304 g/mol. The van der Waals surface area contributed by atoms with Crippen LogP contribution in [-0.4, -0.2) is 23.1 Å². The lowest BCUT2D eigenvalue weighted by Gasteiger charge is -2.62. The van der Waals surface area contributed by atoms with Crippen molar-refractivity contribution >= 4 is 17.7 Å². The summed E-state index contributed by atoms with van der Waals surface area (Å²) >= 11 is 2.00. The normalized spacial score (nSPS) is 48.3. The summed E-state index contributed by atoms with van der Waals surface area (Å²) in [4.78, 5) is 12.0. The third-order valence-electron chi connectivity index (χ3n) is 8.18. The Kier molecular flexibility index (Phi) is 3.68. The van der Waals surface area contributed by atoms with Crippen molar-refractivity contribution < 1.29 is 9.90 Å². The largest absolute Gasteiger partial charge is 0.481 e. The minimum atomic E-state index is -0.550. The standard InChI is InChI=1S/C20H30O2S/c1-19-7-4-8-20(2,18(21)22)17(19)6-5-13-14-9-12(10-16(13)19)15(14)11-23-3/h12,15-17H,4-11H2,1-3H3,(H,21,22)/t12-,15?,16+,17-,19-,20+/m0/s1. The lowest BCUT2D eigenvalue weighted by Crippen LogP contribution is -2.56. The maximum Gasteiger partial charge on any atom is 0.309 e. The molecule has 23 heavy (non-hydrogen) atoms. The molecule has 0 heterocycles. The Hall–Kier alpha value is -0.440. The van der Waals surface area contributed by atoms with Gasteiger partial charge >= 0.3 is 5.97 Å². The molecule has 5 rings (SSSR count). The van der Waals surface area contributed by atoms with Gasteiger partial charge in [-0.15, -0.1) is 0 Å². The molecule has 0 saturated heterocycles. The van der Waals surface area contributed by atoms with Crippen molar-refractivity contribution in [3.05, 3.63) is 11.1 Å². The number of fused-ring (bicyclic) bond motifs is 1. The first-order valence-corrected chi connectivity index (χ1v) is 10.8. The molecule has 3 fully saturated rings. The second-order valence-corrected chi connectivity index (χ2v) is 9.95. The van der Waals surface area contributed by atoms with Crippen LogP contribution in [0.3, 0.4) is 0 Å². The van der Waals surface area contributed by atoms with E-state index in [-0.39, 0.29) is 5.41 Å². The third-order valence-corrected chi connectivity index (χ3v) is 8.87. The maximum atomic E-state index is 12.0. The number of allylic oxidation sites excluding steroid dienone is 2. The van der Waals surface area contributed by atoms with Gasteiger partial charge in [0.25, 0.3) is 0 Å². The van der Waals surface area contributed by atoms with Crippen LogP contribution in [0.2, 0.25) is 0 Å². The zero-order chi connectivity index (χ0) is 16.4. The van der Waals surface area contributed by atoms with Crippen molar-refractivity contribution in [2.45, 2.75) is 58.8 Å². The van der Waals surface area contributed by atoms with Crippen LogP contribution >= 0.6 is 11.8 Å². The Labute approximate surface area is 144 Å². The summed E-state index contributed by atoms with van der Waals surface area (Å²) in [5.74, 6) is 3.54. The van der Waals surface area contributed by atoms with Crippen LogP contribution in [0.1, 0.15) is 58.8 Å². The van der Waals surface area contributed by atoms with E-state index < -0.39 is 11.4 Å². The van der Waals surface area contributed by atoms with Crippen LogP contribution in [0.4, 0.5) is 0 Å². The number of hydrogen-bond acceptors (Lipinski definition) is 2. The average molecular weight is 335 g/mol. The van der Waals surface area contributed by atoms with E-state index >= 15 is 0 Å². The lowest BCUT2D eigenvalue weighted by molar-refractivity contribution is -0.165. The van der Waals surface area contributed by atoms with Crippen LogP contribution in [0, 0.1) is 34.5 Å². The average Bonchev–Trinajstić information content (AvgIpc) is 2.51. The van der Waals surface area contributed by atoms with Gasteiger partial charge in [-0.3, -0.25) is 4.79 Å². The Bertz CT molecular complexity index is 568. The highest BCUT2D eigenvalue weighted by molar-refractivity contribution is 7.98. The van der Waals surface area contributed by atoms with E-state index in [2.05, 4.69) is 13.2 Å². The Morgan fingerprint density at radius 3 is 2.78 bits per heavy atom. The van der Waals surface area contributed by atoms with E-state index in [0.717, 1.165) is 31.1 Å². The Balaban J connectivity index is 1.70. The SMILES string of the molecule is CSCC1C2=C3CC[C@H]4[C@@](C)(CCC[C@@]4(C)C(=O)O)[C@@H]3C[C@@H]1C2. The van der Waals surface area contributed by atoms with Gasteiger partial charge in [-0.05, 0) is 86.5 Å². The summed E-state index contributed by atoms with van der Waals surface area (Å²) in [5, 5.41) is 9.90. The first kappa shape index (κ1) is 16.1. The number of thioether (sulfide) groups is 1. The number of carboxylic acid groups (broad SMARTS) is 1. The summed E-state index contributed by atoms with van der Waals surface area (Å²) in [6, 6.07) is 0. The van der Waals surface area contributed by atoms with E-state index in [1.807, 2.05) is 18.7 Å². The maximum absolute atomic E-state index is 12.0. The fourth-order valence-corrected chi connectivity index (χ4v) is 7.77. The van der Waals surface area contributed by atoms with E-state index in [1.165, 1.54) is 31.4 Å². The van der Waals surface area contributed by atoms with Crippen molar-refractivity contribution in [3.8, 4) is 0 Å². The number of carboxylic acids is 1. The summed E-state index contributed by atoms with van der Waals surface area (Å²) in [6.45, 7) is 4.48. The van der Waals surface area contributed by atoms with E-state index in [0.29, 0.717) is 11.8 Å². The molecule has 128 valence electrons. The zero-order valence-corrected chi connectivity index (χ0v) is 15.5. The minimum absolute atomic E-state index is 0.229. The molecule has 3 heteroatoms. The summed E-state index contributed by atoms with van der Waals surface area (Å²) in [7, 11) is 0. The van der Waals surface area contributed by atoms with Crippen molar-refractivity contribution in [2.24, 2.45) is 34.5 Å². The first-order chi connectivity index (χ1) is 10.9. The molecule has 5 aliphatic rings. The predicted octanol–water partition coefficient (Wildman–Crippen LogP) is 4.99. The van der Waals surface area contributed by atoms with Crippen molar-refractivity contribution in [1.82, 2.24) is 0 Å². The molecule has 0 aromatic rings. The van der Waals surface area contributed by atoms with Crippen molar-refractivity contribution in [2.75, 3.05) is 12.0 Å². The van der Waals surface area contributed by atoms with Crippen LogP contribution in [0.25, 0.3) is 0 Å². The van der Waals surface area contributed by atoms with Crippen LogP contribution in [0.15, 0.2) is 11.1 Å². The van der Waals surface area contributed by atoms with Gasteiger partial charge in [-0.2, -0.15) is 11.8 Å². The van der Waals surface area contributed by atoms with Crippen LogP contribution in [-0.2, 0) is 4.79 Å². The smallest absolute Gasteiger partial charge is 0.309 e. The fourth-order valence-electron chi connectivity index (χ4n) is 6.94. The minimum Gasteiger partial charge on any atom is -0.481 e. The molecule has 5 aliphatic carbocycles. The number of hydrogen-bond donors (Lipinski definition) is 1. The molecule has 0 aromatic heterocycles. The molecule has 0 spiro atoms. The molecule has 2 bridgehead atoms. The van der Waals surface area contributed by atoms with Gasteiger partial charge in [0.1, 0.15) is 0 Å². The Morgan fingerprint density at radius 2 is 2.09 bits per heavy atom. The van der Waals surface area contributed by atoms with Gasteiger partial charge in [0.05, 0.1) is 5.41 Å². The van der Waals surface area contributed by atoms with Crippen LogP contribution in [0.5, 0.6) is 0 Å². The molecule has 0 aliphatic heterocycles. The van der Waals surface area contributed by atoms with Gasteiger partial charge in [0.15, 0.2) is 0 Å². The topological polar surface area (TPSA) is 37.3 Å². The zero-order valence-electron chi connectivity index (χ0n) is 14.7. The predicted molar refractivity (Wildman–Crippen MR) is 95.5 cm³/mol. The third kappa shape index (κ3) is 2.04. The number of carbonyl (C=O) groups is 1. The van der Waals surface area contributed by atoms with E-state index in [4.69, 9.17) is 0 Å². The molecule has 1 unspecified atom stereocenters. The lowest BCUT2D eigenvalue weighted by atomic mass is 9.42. The highest BCUT2D eigenvalue weighted by Gasteiger charge is 2.60. The molecule has 0 amide bonds. The molecule has 1 N–H and O–H groups in total. The number of rotatable bonds is 3. The molecule has 6 atom stereocenters. The fraction of sp³-hybridized carbons (Fsp3) is 0.850. The van der Waals surface area contributed by atoms with Gasteiger partial charge in [0, 0.05) is 0 Å². The molecule has 0 aromatic carbocycles. The van der Waals surface area contributed by atoms with E-state index in [9.17, 15) is 9.90 Å².